The van der Waals surface area contributed by atoms with Gasteiger partial charge in [-0.25, -0.2) is 0 Å². The van der Waals surface area contributed by atoms with Gasteiger partial charge in [0.25, 0.3) is 0 Å². The molecule has 2 heterocycles. The van der Waals surface area contributed by atoms with Gasteiger partial charge in [0, 0.05) is 37.3 Å². The molecule has 0 radical (unpaired) electrons. The van der Waals surface area contributed by atoms with E-state index in [0.29, 0.717) is 27.4 Å². The SMILES string of the molecule is CC[C@H](C)[C@@H]1NC(=O)[C@H](Cc2cc(Br)c(O)c(Br)c2)NC(=O)CCSSC[C@@H](C(=O)N2CCC[C@H]2C(=O)N[C@@H](CC(C)C)C(=O)NCC(N)=O)NC(=O)[C@H](CC(N)=O)NC(=O)[C@H](CCC(N)=O)NC1=O. The fraction of sp³-hybridized carbons (Fsp3) is 0.605. The summed E-state index contributed by atoms with van der Waals surface area (Å²) >= 11 is 6.55. The van der Waals surface area contributed by atoms with Gasteiger partial charge < -0.3 is 64.4 Å². The van der Waals surface area contributed by atoms with E-state index in [2.05, 4.69) is 69.1 Å². The Kier molecular flexibility index (Phi) is 24.2. The molecule has 2 saturated heterocycles. The Morgan fingerprint density at radius 2 is 1.46 bits per heavy atom. The van der Waals surface area contributed by atoms with Crippen LogP contribution in [0.4, 0.5) is 0 Å². The van der Waals surface area contributed by atoms with Crippen LogP contribution in [0.3, 0.4) is 0 Å². The summed E-state index contributed by atoms with van der Waals surface area (Å²) in [6, 6.07) is -6.40. The molecule has 0 saturated carbocycles. The van der Waals surface area contributed by atoms with E-state index in [0.717, 1.165) is 21.6 Å². The number of phenols is 1. The summed E-state index contributed by atoms with van der Waals surface area (Å²) in [5, 5.41) is 28.3. The number of hydrogen-bond acceptors (Lipinski definition) is 14. The molecule has 23 nitrogen and oxygen atoms in total. The number of likely N-dealkylation sites (tertiary alicyclic amines) is 1. The third-order valence-electron chi connectivity index (χ3n) is 11.3. The normalized spacial score (nSPS) is 23.1. The van der Waals surface area contributed by atoms with Gasteiger partial charge in [0.05, 0.1) is 21.9 Å². The molecule has 0 unspecified atom stereocenters. The second kappa shape index (κ2) is 28.6. The van der Waals surface area contributed by atoms with Crippen LogP contribution in [0.15, 0.2) is 21.1 Å². The first kappa shape index (κ1) is 59.2. The smallest absolute Gasteiger partial charge is 0.246 e. The molecule has 0 aliphatic carbocycles. The molecule has 1 aromatic rings. The van der Waals surface area contributed by atoms with Crippen molar-refractivity contribution in [2.45, 2.75) is 128 Å². The van der Waals surface area contributed by atoms with Crippen LogP contribution in [-0.4, -0.2) is 142 Å². The lowest BCUT2D eigenvalue weighted by molar-refractivity contribution is -0.142. The Labute approximate surface area is 430 Å². The van der Waals surface area contributed by atoms with Crippen molar-refractivity contribution in [1.82, 2.24) is 42.1 Å². The molecule has 27 heteroatoms. The van der Waals surface area contributed by atoms with Crippen LogP contribution < -0.4 is 54.4 Å². The Hall–Kier alpha value is -5.15. The molecule has 2 aliphatic heterocycles. The average Bonchev–Trinajstić information content (AvgIpc) is 3.78. The van der Waals surface area contributed by atoms with Gasteiger partial charge in [0.2, 0.25) is 65.0 Å². The van der Waals surface area contributed by atoms with E-state index in [4.69, 9.17) is 17.2 Å². The molecule has 70 heavy (non-hydrogen) atoms. The third kappa shape index (κ3) is 18.9. The van der Waals surface area contributed by atoms with Gasteiger partial charge in [-0.3, -0.25) is 52.7 Å². The van der Waals surface area contributed by atoms with Crippen LogP contribution >= 0.6 is 53.4 Å². The maximum atomic E-state index is 14.5. The van der Waals surface area contributed by atoms with Crippen molar-refractivity contribution in [3.8, 4) is 5.75 Å². The number of rotatable bonds is 17. The number of nitrogens with one attached hydrogen (secondary N) is 7. The maximum Gasteiger partial charge on any atom is 0.246 e. The summed E-state index contributed by atoms with van der Waals surface area (Å²) in [7, 11) is 2.22. The lowest BCUT2D eigenvalue weighted by Crippen LogP contribution is -2.61. The molecule has 0 aromatic heterocycles. The van der Waals surface area contributed by atoms with Gasteiger partial charge in [-0.05, 0) is 87.1 Å². The number of carbonyl (C=O) groups is 11. The van der Waals surface area contributed by atoms with E-state index in [1.54, 1.807) is 26.0 Å². The zero-order valence-corrected chi connectivity index (χ0v) is 44.0. The first-order valence-electron chi connectivity index (χ1n) is 22.6. The van der Waals surface area contributed by atoms with E-state index >= 15 is 0 Å². The van der Waals surface area contributed by atoms with Crippen LogP contribution in [0.25, 0.3) is 0 Å². The number of benzene rings is 1. The van der Waals surface area contributed by atoms with E-state index < -0.39 is 133 Å². The molecule has 3 rings (SSSR count). The third-order valence-corrected chi connectivity index (χ3v) is 14.9. The van der Waals surface area contributed by atoms with Crippen molar-refractivity contribution in [2.24, 2.45) is 29.0 Å². The Morgan fingerprint density at radius 3 is 2.06 bits per heavy atom. The van der Waals surface area contributed by atoms with Gasteiger partial charge in [-0.1, -0.05) is 55.7 Å². The van der Waals surface area contributed by atoms with Crippen molar-refractivity contribution in [2.75, 3.05) is 24.6 Å². The van der Waals surface area contributed by atoms with Crippen LogP contribution in [0, 0.1) is 11.8 Å². The Morgan fingerprint density at radius 1 is 0.829 bits per heavy atom. The summed E-state index contributed by atoms with van der Waals surface area (Å²) in [5.41, 5.74) is 16.6. The van der Waals surface area contributed by atoms with Gasteiger partial charge in [0.1, 0.15) is 48.0 Å². The number of primary amides is 3. The van der Waals surface area contributed by atoms with Crippen LogP contribution in [0.2, 0.25) is 0 Å². The highest BCUT2D eigenvalue weighted by Gasteiger charge is 2.41. The van der Waals surface area contributed by atoms with Crippen LogP contribution in [0.1, 0.15) is 84.6 Å². The van der Waals surface area contributed by atoms with Crippen LogP contribution in [0.5, 0.6) is 5.75 Å². The molecular formula is C43H63Br2N11O12S2. The number of nitrogens with two attached hydrogens (primary N) is 3. The Balaban J connectivity index is 2.05. The number of amides is 11. The Bertz CT molecular complexity index is 2120. The van der Waals surface area contributed by atoms with Gasteiger partial charge in [0.15, 0.2) is 0 Å². The van der Waals surface area contributed by atoms with E-state index in [9.17, 15) is 57.8 Å². The summed E-state index contributed by atoms with van der Waals surface area (Å²) in [5.74, 6) is -9.82. The fourth-order valence-corrected chi connectivity index (χ4v) is 10.9. The highest BCUT2D eigenvalue weighted by atomic mass is 79.9. The van der Waals surface area contributed by atoms with Gasteiger partial charge in [-0.15, -0.1) is 0 Å². The zero-order valence-electron chi connectivity index (χ0n) is 39.2. The quantitative estimate of drug-likeness (QED) is 0.0833. The van der Waals surface area contributed by atoms with Crippen molar-refractivity contribution >= 4 is 118 Å². The van der Waals surface area contributed by atoms with Crippen LogP contribution in [-0.2, 0) is 59.2 Å². The predicted molar refractivity (Wildman–Crippen MR) is 266 cm³/mol. The highest BCUT2D eigenvalue weighted by molar-refractivity contribution is 9.11. The molecule has 11 amide bonds. The topological polar surface area (TPSA) is 374 Å². The first-order chi connectivity index (χ1) is 32.9. The van der Waals surface area contributed by atoms with E-state index in [1.807, 2.05) is 13.8 Å². The van der Waals surface area contributed by atoms with Crippen molar-refractivity contribution < 1.29 is 57.8 Å². The second-order valence-electron chi connectivity index (χ2n) is 17.4. The van der Waals surface area contributed by atoms with E-state index in [1.165, 1.54) is 4.90 Å². The molecule has 2 aliphatic rings. The minimum atomic E-state index is -1.74. The predicted octanol–water partition coefficient (Wildman–Crippen LogP) is -1.02. The zero-order chi connectivity index (χ0) is 52.4. The number of hydrogen-bond donors (Lipinski definition) is 11. The molecule has 0 bridgehead atoms. The number of nitrogens with zero attached hydrogens (tertiary/aromatic N) is 1. The minimum Gasteiger partial charge on any atom is -0.506 e. The first-order valence-corrected chi connectivity index (χ1v) is 26.6. The standard InChI is InChI=1S/C43H63Br2N11O12S2/c1-5-21(4)35-42(67)51-25(8-9-31(46)57)38(63)52-28(17-32(47)58)39(64)54-29(43(68)56-11-6-7-30(56)41(66)53-26(13-20(2)3)37(62)49-18-33(48)59)19-70-69-12-10-34(60)50-27(40(65)55-35)16-22-14-23(44)36(61)24(45)15-22/h14-15,20-21,25-30,35,61H,5-13,16-19H2,1-4H3,(H2,46,57)(H2,47,58)(H2,48,59)(H,49,62)(H,50,60)(H,51,67)(H,52,63)(H,53,66)(H,54,64)(H,55,65)/t21-,25-,26-,27-,28-,29-,30-,35-/m0/s1. The number of phenolic OH excluding ortho intramolecular Hbond substituents is 1. The van der Waals surface area contributed by atoms with Crippen molar-refractivity contribution in [3.05, 3.63) is 26.6 Å². The van der Waals surface area contributed by atoms with Gasteiger partial charge >= 0.3 is 0 Å². The second-order valence-corrected chi connectivity index (χ2v) is 21.7. The molecule has 388 valence electrons. The summed E-state index contributed by atoms with van der Waals surface area (Å²) in [6.07, 6.45) is -0.763. The number of aromatic hydroxyl groups is 1. The molecule has 14 N–H and O–H groups in total. The average molecular weight is 1150 g/mol. The van der Waals surface area contributed by atoms with Crippen molar-refractivity contribution in [3.63, 3.8) is 0 Å². The summed E-state index contributed by atoms with van der Waals surface area (Å²) in [4.78, 5) is 148. The number of halogens is 2. The highest BCUT2D eigenvalue weighted by Crippen LogP contribution is 2.34. The molecular weight excluding hydrogens is 1090 g/mol. The summed E-state index contributed by atoms with van der Waals surface area (Å²) in [6.45, 7) is 6.66. The lowest BCUT2D eigenvalue weighted by atomic mass is 9.96. The summed E-state index contributed by atoms with van der Waals surface area (Å²) < 4.78 is 0.599. The lowest BCUT2D eigenvalue weighted by Gasteiger charge is -2.31. The van der Waals surface area contributed by atoms with Gasteiger partial charge in [-0.2, -0.15) is 0 Å². The molecule has 1 aromatic carbocycles. The van der Waals surface area contributed by atoms with E-state index in [-0.39, 0.29) is 61.8 Å². The monoisotopic (exact) mass is 1150 g/mol. The minimum absolute atomic E-state index is 0.0666. The molecule has 8 atom stereocenters. The number of carbonyl (C=O) groups excluding carboxylic acids is 11. The largest absolute Gasteiger partial charge is 0.506 e. The molecule has 2 fully saturated rings. The molecule has 0 spiro atoms. The van der Waals surface area contributed by atoms with Crippen molar-refractivity contribution in [1.29, 1.82) is 0 Å². The fourth-order valence-electron chi connectivity index (χ4n) is 7.43. The maximum absolute atomic E-state index is 14.5.